The second kappa shape index (κ2) is 7.37. The van der Waals surface area contributed by atoms with Crippen LogP contribution >= 0.6 is 0 Å². The van der Waals surface area contributed by atoms with Gasteiger partial charge < -0.3 is 9.73 Å². The third-order valence-corrected chi connectivity index (χ3v) is 6.14. The van der Waals surface area contributed by atoms with Crippen LogP contribution in [0.15, 0.2) is 52.9 Å². The van der Waals surface area contributed by atoms with Crippen molar-refractivity contribution < 1.29 is 17.6 Å². The van der Waals surface area contributed by atoms with Gasteiger partial charge in [-0.3, -0.25) is 4.79 Å². The summed E-state index contributed by atoms with van der Waals surface area (Å²) in [6.45, 7) is 0.375. The lowest BCUT2D eigenvalue weighted by molar-refractivity contribution is -0.120. The van der Waals surface area contributed by atoms with Gasteiger partial charge in [0.2, 0.25) is 21.8 Å². The number of sulfonamides is 1. The summed E-state index contributed by atoms with van der Waals surface area (Å²) >= 11 is 0. The molecule has 1 fully saturated rings. The highest BCUT2D eigenvalue weighted by atomic mass is 32.2. The van der Waals surface area contributed by atoms with Crippen LogP contribution in [0, 0.1) is 0 Å². The summed E-state index contributed by atoms with van der Waals surface area (Å²) < 4.78 is 31.1. The van der Waals surface area contributed by atoms with Gasteiger partial charge in [0.15, 0.2) is 5.58 Å². The third-order valence-electron chi connectivity index (χ3n) is 4.85. The smallest absolute Gasteiger partial charge is 0.242 e. The van der Waals surface area contributed by atoms with E-state index in [2.05, 4.69) is 10.3 Å². The molecule has 1 aliphatic rings. The predicted octanol–water partition coefficient (Wildman–Crippen LogP) is 3.25. The van der Waals surface area contributed by atoms with Gasteiger partial charge >= 0.3 is 0 Å². The molecule has 0 spiro atoms. The molecule has 2 heterocycles. The number of nitrogens with zero attached hydrogens (tertiary/aromatic N) is 2. The number of carbonyl (C=O) groups excluding carboxylic acids is 1. The minimum atomic E-state index is -3.43. The Kier molecular flexibility index (Phi) is 4.91. The van der Waals surface area contributed by atoms with E-state index in [1.807, 2.05) is 30.3 Å². The second-order valence-corrected chi connectivity index (χ2v) is 8.88. The van der Waals surface area contributed by atoms with E-state index >= 15 is 0 Å². The van der Waals surface area contributed by atoms with Crippen molar-refractivity contribution in [2.24, 2.45) is 0 Å². The van der Waals surface area contributed by atoms with Crippen LogP contribution in [0.5, 0.6) is 0 Å². The number of para-hydroxylation sites is 2. The molecule has 0 saturated carbocycles. The molecule has 8 heteroatoms. The van der Waals surface area contributed by atoms with Crippen LogP contribution in [-0.4, -0.2) is 42.5 Å². The van der Waals surface area contributed by atoms with Crippen molar-refractivity contribution in [3.8, 4) is 11.5 Å². The van der Waals surface area contributed by atoms with Crippen LogP contribution in [-0.2, 0) is 14.8 Å². The number of anilines is 1. The highest BCUT2D eigenvalue weighted by Gasteiger charge is 2.34. The molecule has 1 N–H and O–H groups in total. The molecule has 1 aliphatic heterocycles. The first kappa shape index (κ1) is 18.6. The Bertz CT molecular complexity index is 1090. The monoisotopic (exact) mass is 399 g/mol. The van der Waals surface area contributed by atoms with E-state index in [-0.39, 0.29) is 5.91 Å². The van der Waals surface area contributed by atoms with Crippen molar-refractivity contribution >= 4 is 32.7 Å². The van der Waals surface area contributed by atoms with Gasteiger partial charge in [0, 0.05) is 17.8 Å². The van der Waals surface area contributed by atoms with Gasteiger partial charge in [-0.15, -0.1) is 0 Å². The fraction of sp³-hybridized carbons (Fsp3) is 0.300. The standard InChI is InChI=1S/C20H21N3O4S/c1-28(25,26)23-12-5-4-10-17(23)19(24)21-15-8-6-7-14(13-15)20-22-16-9-2-3-11-18(16)27-20/h2-3,6-9,11,13,17H,4-5,10,12H2,1H3,(H,21,24). The molecule has 1 unspecified atom stereocenters. The Morgan fingerprint density at radius 3 is 2.79 bits per heavy atom. The fourth-order valence-electron chi connectivity index (χ4n) is 3.52. The minimum Gasteiger partial charge on any atom is -0.436 e. The minimum absolute atomic E-state index is 0.320. The summed E-state index contributed by atoms with van der Waals surface area (Å²) in [5.74, 6) is 0.146. The molecule has 146 valence electrons. The summed E-state index contributed by atoms with van der Waals surface area (Å²) in [4.78, 5) is 17.2. The number of oxazole rings is 1. The lowest BCUT2D eigenvalue weighted by Crippen LogP contribution is -2.49. The first-order valence-corrected chi connectivity index (χ1v) is 11.0. The molecular weight excluding hydrogens is 378 g/mol. The largest absolute Gasteiger partial charge is 0.436 e. The Balaban J connectivity index is 1.57. The van der Waals surface area contributed by atoms with Gasteiger partial charge in [0.25, 0.3) is 0 Å². The number of benzene rings is 2. The van der Waals surface area contributed by atoms with Gasteiger partial charge in [0.05, 0.1) is 6.26 Å². The number of rotatable bonds is 4. The van der Waals surface area contributed by atoms with Crippen LogP contribution in [0.2, 0.25) is 0 Å². The summed E-state index contributed by atoms with van der Waals surface area (Å²) in [5.41, 5.74) is 2.76. The Morgan fingerprint density at radius 2 is 2.00 bits per heavy atom. The number of piperidine rings is 1. The van der Waals surface area contributed by atoms with Crippen LogP contribution in [0.25, 0.3) is 22.6 Å². The molecule has 3 aromatic rings. The maximum atomic E-state index is 12.8. The SMILES string of the molecule is CS(=O)(=O)N1CCCCC1C(=O)Nc1cccc(-c2nc3ccccc3o2)c1. The Hall–Kier alpha value is -2.71. The summed E-state index contributed by atoms with van der Waals surface area (Å²) in [6.07, 6.45) is 3.26. The van der Waals surface area contributed by atoms with Crippen LogP contribution < -0.4 is 5.32 Å². The fourth-order valence-corrected chi connectivity index (χ4v) is 4.64. The van der Waals surface area contributed by atoms with Gasteiger partial charge in [-0.25, -0.2) is 13.4 Å². The zero-order valence-corrected chi connectivity index (χ0v) is 16.3. The number of nitrogens with one attached hydrogen (secondary N) is 1. The van der Waals surface area contributed by atoms with Crippen molar-refractivity contribution in [3.05, 3.63) is 48.5 Å². The molecular formula is C20H21N3O4S. The molecule has 1 atom stereocenters. The number of fused-ring (bicyclic) bond motifs is 1. The second-order valence-electron chi connectivity index (χ2n) is 6.94. The van der Waals surface area contributed by atoms with Crippen molar-refractivity contribution in [2.75, 3.05) is 18.1 Å². The summed E-state index contributed by atoms with van der Waals surface area (Å²) in [5, 5.41) is 2.84. The molecule has 4 rings (SSSR count). The van der Waals surface area contributed by atoms with Gasteiger partial charge in [0.1, 0.15) is 11.6 Å². The molecule has 1 aromatic heterocycles. The number of hydrogen-bond donors (Lipinski definition) is 1. The van der Waals surface area contributed by atoms with Crippen LogP contribution in [0.4, 0.5) is 5.69 Å². The first-order valence-electron chi connectivity index (χ1n) is 9.15. The van der Waals surface area contributed by atoms with Crippen LogP contribution in [0.1, 0.15) is 19.3 Å². The third kappa shape index (κ3) is 3.79. The molecule has 1 saturated heterocycles. The van der Waals surface area contributed by atoms with E-state index in [1.165, 1.54) is 4.31 Å². The van der Waals surface area contributed by atoms with Crippen molar-refractivity contribution in [3.63, 3.8) is 0 Å². The highest BCUT2D eigenvalue weighted by Crippen LogP contribution is 2.27. The van der Waals surface area contributed by atoms with Crippen molar-refractivity contribution in [1.82, 2.24) is 9.29 Å². The number of aromatic nitrogens is 1. The predicted molar refractivity (Wildman–Crippen MR) is 107 cm³/mol. The van der Waals surface area contributed by atoms with Crippen molar-refractivity contribution in [1.29, 1.82) is 0 Å². The van der Waals surface area contributed by atoms with E-state index in [4.69, 9.17) is 4.42 Å². The van der Waals surface area contributed by atoms with E-state index < -0.39 is 16.1 Å². The average Bonchev–Trinajstić information content (AvgIpc) is 3.12. The van der Waals surface area contributed by atoms with E-state index in [9.17, 15) is 13.2 Å². The molecule has 7 nitrogen and oxygen atoms in total. The Morgan fingerprint density at radius 1 is 1.18 bits per heavy atom. The zero-order chi connectivity index (χ0) is 19.7. The maximum absolute atomic E-state index is 12.8. The molecule has 0 radical (unpaired) electrons. The number of hydrogen-bond acceptors (Lipinski definition) is 5. The zero-order valence-electron chi connectivity index (χ0n) is 15.5. The maximum Gasteiger partial charge on any atom is 0.242 e. The van der Waals surface area contributed by atoms with Crippen LogP contribution in [0.3, 0.4) is 0 Å². The van der Waals surface area contributed by atoms with Gasteiger partial charge in [-0.2, -0.15) is 4.31 Å². The molecule has 28 heavy (non-hydrogen) atoms. The number of amides is 1. The lowest BCUT2D eigenvalue weighted by atomic mass is 10.0. The van der Waals surface area contributed by atoms with E-state index in [0.717, 1.165) is 30.2 Å². The number of carbonyl (C=O) groups is 1. The van der Waals surface area contributed by atoms with E-state index in [0.29, 0.717) is 30.1 Å². The Labute approximate surface area is 163 Å². The van der Waals surface area contributed by atoms with Gasteiger partial charge in [-0.1, -0.05) is 24.6 Å². The summed E-state index contributed by atoms with van der Waals surface area (Å²) in [7, 11) is -3.43. The molecule has 0 aliphatic carbocycles. The lowest BCUT2D eigenvalue weighted by Gasteiger charge is -2.32. The van der Waals surface area contributed by atoms with Gasteiger partial charge in [-0.05, 0) is 43.2 Å². The quantitative estimate of drug-likeness (QED) is 0.727. The normalized spacial score (nSPS) is 18.2. The molecule has 1 amide bonds. The average molecular weight is 399 g/mol. The topological polar surface area (TPSA) is 92.5 Å². The van der Waals surface area contributed by atoms with Crippen molar-refractivity contribution in [2.45, 2.75) is 25.3 Å². The molecule has 0 bridgehead atoms. The highest BCUT2D eigenvalue weighted by molar-refractivity contribution is 7.88. The first-order chi connectivity index (χ1) is 13.4. The summed E-state index contributed by atoms with van der Waals surface area (Å²) in [6, 6.07) is 14.0. The molecule has 2 aromatic carbocycles. The van der Waals surface area contributed by atoms with E-state index in [1.54, 1.807) is 18.2 Å².